The molecule has 0 aliphatic carbocycles. The predicted molar refractivity (Wildman–Crippen MR) is 142 cm³/mol. The molecule has 6 nitrogen and oxygen atoms in total. The van der Waals surface area contributed by atoms with E-state index in [1.165, 1.54) is 11.6 Å². The second-order valence-electron chi connectivity index (χ2n) is 9.68. The van der Waals surface area contributed by atoms with Crippen molar-refractivity contribution in [1.82, 2.24) is 9.88 Å². The van der Waals surface area contributed by atoms with Gasteiger partial charge in [0.25, 0.3) is 5.91 Å². The standard InChI is InChI=1S/C30H30F2N2O4/c1-17(2)22-7-5-6-20(10-22)14-33-30(37)23-8-9-26-24(13-23)18(3)19(4)34(26)15-21-11-25(31)29(32)27(12-21)38-16-28(35)36/h5-13,17H,14-16H2,1-4H3,(H,33,37)(H,35,36). The maximum atomic E-state index is 14.2. The first-order chi connectivity index (χ1) is 18.0. The molecule has 4 aromatic rings. The number of fused-ring (bicyclic) bond motifs is 1. The van der Waals surface area contributed by atoms with Crippen LogP contribution in [0.15, 0.2) is 54.6 Å². The topological polar surface area (TPSA) is 80.6 Å². The fraction of sp³-hybridized carbons (Fsp3) is 0.267. The van der Waals surface area contributed by atoms with Gasteiger partial charge in [0, 0.05) is 35.2 Å². The highest BCUT2D eigenvalue weighted by Gasteiger charge is 2.17. The zero-order valence-corrected chi connectivity index (χ0v) is 21.8. The number of nitrogens with one attached hydrogen (secondary N) is 1. The first-order valence-electron chi connectivity index (χ1n) is 12.3. The Balaban J connectivity index is 1.57. The van der Waals surface area contributed by atoms with Crippen LogP contribution in [0.1, 0.15) is 58.1 Å². The third-order valence-electron chi connectivity index (χ3n) is 6.72. The Bertz CT molecular complexity index is 1520. The third kappa shape index (κ3) is 5.69. The summed E-state index contributed by atoms with van der Waals surface area (Å²) in [6.45, 7) is 7.95. The summed E-state index contributed by atoms with van der Waals surface area (Å²) in [6.07, 6.45) is 0. The minimum atomic E-state index is -1.29. The number of amides is 1. The van der Waals surface area contributed by atoms with Gasteiger partial charge in [-0.3, -0.25) is 4.79 Å². The van der Waals surface area contributed by atoms with Crippen LogP contribution in [0, 0.1) is 25.5 Å². The van der Waals surface area contributed by atoms with Crippen LogP contribution in [0.5, 0.6) is 5.75 Å². The number of aliphatic carboxylic acids is 1. The Morgan fingerprint density at radius 2 is 1.79 bits per heavy atom. The van der Waals surface area contributed by atoms with Crippen molar-refractivity contribution in [2.75, 3.05) is 6.61 Å². The van der Waals surface area contributed by atoms with Crippen molar-refractivity contribution in [3.05, 3.63) is 99.7 Å². The van der Waals surface area contributed by atoms with E-state index in [0.29, 0.717) is 23.6 Å². The van der Waals surface area contributed by atoms with Crippen molar-refractivity contribution < 1.29 is 28.2 Å². The molecule has 198 valence electrons. The van der Waals surface area contributed by atoms with E-state index in [4.69, 9.17) is 9.84 Å². The lowest BCUT2D eigenvalue weighted by Gasteiger charge is -2.12. The molecule has 3 aromatic carbocycles. The van der Waals surface area contributed by atoms with Gasteiger partial charge in [-0.2, -0.15) is 4.39 Å². The minimum absolute atomic E-state index is 0.188. The van der Waals surface area contributed by atoms with Crippen molar-refractivity contribution in [2.24, 2.45) is 0 Å². The number of hydrogen-bond acceptors (Lipinski definition) is 3. The molecule has 1 amide bonds. The summed E-state index contributed by atoms with van der Waals surface area (Å²) in [5, 5.41) is 12.7. The van der Waals surface area contributed by atoms with E-state index in [0.717, 1.165) is 33.8 Å². The van der Waals surface area contributed by atoms with Gasteiger partial charge in [-0.1, -0.05) is 38.1 Å². The van der Waals surface area contributed by atoms with E-state index in [1.807, 2.05) is 42.7 Å². The summed E-state index contributed by atoms with van der Waals surface area (Å²) in [6, 6.07) is 15.9. The fourth-order valence-electron chi connectivity index (χ4n) is 4.48. The van der Waals surface area contributed by atoms with E-state index in [-0.39, 0.29) is 12.5 Å². The second kappa shape index (κ2) is 11.0. The number of nitrogens with zero attached hydrogens (tertiary/aromatic N) is 1. The molecule has 0 spiro atoms. The molecule has 0 fully saturated rings. The number of halogens is 2. The molecule has 1 heterocycles. The van der Waals surface area contributed by atoms with Crippen LogP contribution < -0.4 is 10.1 Å². The number of rotatable bonds is 9. The van der Waals surface area contributed by atoms with Crippen LogP contribution in [-0.2, 0) is 17.9 Å². The van der Waals surface area contributed by atoms with Crippen LogP contribution >= 0.6 is 0 Å². The maximum absolute atomic E-state index is 14.2. The smallest absolute Gasteiger partial charge is 0.341 e. The molecule has 0 atom stereocenters. The number of carbonyl (C=O) groups excluding carboxylic acids is 1. The lowest BCUT2D eigenvalue weighted by atomic mass is 10.0. The Kier molecular flexibility index (Phi) is 7.80. The third-order valence-corrected chi connectivity index (χ3v) is 6.72. The predicted octanol–water partition coefficient (Wildman–Crippen LogP) is 6.10. The van der Waals surface area contributed by atoms with Crippen LogP contribution in [-0.4, -0.2) is 28.2 Å². The van der Waals surface area contributed by atoms with E-state index >= 15 is 0 Å². The van der Waals surface area contributed by atoms with Crippen LogP contribution in [0.4, 0.5) is 8.78 Å². The van der Waals surface area contributed by atoms with Crippen molar-refractivity contribution in [3.8, 4) is 5.75 Å². The number of carbonyl (C=O) groups is 2. The highest BCUT2D eigenvalue weighted by molar-refractivity contribution is 5.99. The number of aromatic nitrogens is 1. The second-order valence-corrected chi connectivity index (χ2v) is 9.68. The SMILES string of the molecule is Cc1c(C)n(Cc2cc(F)c(F)c(OCC(=O)O)c2)c2ccc(C(=O)NCc3cccc(C(C)C)c3)cc12. The molecule has 8 heteroatoms. The summed E-state index contributed by atoms with van der Waals surface area (Å²) in [7, 11) is 0. The maximum Gasteiger partial charge on any atom is 0.341 e. The molecule has 0 aliphatic heterocycles. The molecule has 2 N–H and O–H groups in total. The minimum Gasteiger partial charge on any atom is -0.479 e. The van der Waals surface area contributed by atoms with Gasteiger partial charge in [-0.05, 0) is 72.4 Å². The van der Waals surface area contributed by atoms with Crippen LogP contribution in [0.3, 0.4) is 0 Å². The summed E-state index contributed by atoms with van der Waals surface area (Å²) < 4.78 is 35.2. The van der Waals surface area contributed by atoms with Crippen molar-refractivity contribution in [1.29, 1.82) is 0 Å². The number of benzene rings is 3. The number of aryl methyl sites for hydroxylation is 1. The largest absolute Gasteiger partial charge is 0.479 e. The highest BCUT2D eigenvalue weighted by Crippen LogP contribution is 2.29. The van der Waals surface area contributed by atoms with Gasteiger partial charge in [0.2, 0.25) is 5.82 Å². The zero-order chi connectivity index (χ0) is 27.6. The van der Waals surface area contributed by atoms with Gasteiger partial charge in [-0.15, -0.1) is 0 Å². The van der Waals surface area contributed by atoms with Crippen LogP contribution in [0.25, 0.3) is 10.9 Å². The van der Waals surface area contributed by atoms with E-state index in [2.05, 4.69) is 31.3 Å². The van der Waals surface area contributed by atoms with E-state index in [1.54, 1.807) is 6.07 Å². The van der Waals surface area contributed by atoms with Gasteiger partial charge < -0.3 is 19.7 Å². The fourth-order valence-corrected chi connectivity index (χ4v) is 4.48. The zero-order valence-electron chi connectivity index (χ0n) is 21.8. The lowest BCUT2D eigenvalue weighted by Crippen LogP contribution is -2.22. The highest BCUT2D eigenvalue weighted by atomic mass is 19.2. The molecular weight excluding hydrogens is 490 g/mol. The number of hydrogen-bond donors (Lipinski definition) is 2. The first-order valence-corrected chi connectivity index (χ1v) is 12.3. The van der Waals surface area contributed by atoms with Crippen molar-refractivity contribution in [3.63, 3.8) is 0 Å². The van der Waals surface area contributed by atoms with E-state index < -0.39 is 30.0 Å². The van der Waals surface area contributed by atoms with Gasteiger partial charge in [0.15, 0.2) is 18.2 Å². The van der Waals surface area contributed by atoms with Gasteiger partial charge in [0.05, 0.1) is 0 Å². The summed E-state index contributed by atoms with van der Waals surface area (Å²) in [5.74, 6) is -3.88. The van der Waals surface area contributed by atoms with Crippen LogP contribution in [0.2, 0.25) is 0 Å². The normalized spacial score (nSPS) is 11.2. The number of carboxylic acid groups (broad SMARTS) is 1. The average Bonchev–Trinajstić information content (AvgIpc) is 3.12. The molecule has 0 aliphatic rings. The molecule has 0 bridgehead atoms. The summed E-state index contributed by atoms with van der Waals surface area (Å²) in [4.78, 5) is 23.7. The molecule has 0 saturated carbocycles. The van der Waals surface area contributed by atoms with Gasteiger partial charge in [-0.25, -0.2) is 9.18 Å². The molecule has 0 saturated heterocycles. The molecule has 4 rings (SSSR count). The molecule has 1 aromatic heterocycles. The lowest BCUT2D eigenvalue weighted by molar-refractivity contribution is -0.139. The monoisotopic (exact) mass is 520 g/mol. The van der Waals surface area contributed by atoms with Crippen molar-refractivity contribution >= 4 is 22.8 Å². The molecular formula is C30H30F2N2O4. The summed E-state index contributed by atoms with van der Waals surface area (Å²) >= 11 is 0. The Morgan fingerprint density at radius 3 is 2.50 bits per heavy atom. The van der Waals surface area contributed by atoms with Crippen molar-refractivity contribution in [2.45, 2.75) is 46.7 Å². The Labute approximate surface area is 219 Å². The van der Waals surface area contributed by atoms with Gasteiger partial charge >= 0.3 is 5.97 Å². The Morgan fingerprint density at radius 1 is 1.03 bits per heavy atom. The molecule has 0 unspecified atom stereocenters. The summed E-state index contributed by atoms with van der Waals surface area (Å²) in [5.41, 5.74) is 5.88. The average molecular weight is 521 g/mol. The number of carboxylic acids is 1. The van der Waals surface area contributed by atoms with E-state index in [9.17, 15) is 18.4 Å². The Hall–Kier alpha value is -4.20. The van der Waals surface area contributed by atoms with Gasteiger partial charge in [0.1, 0.15) is 0 Å². The first kappa shape index (κ1) is 26.9. The molecule has 0 radical (unpaired) electrons. The number of ether oxygens (including phenoxy) is 1. The molecule has 38 heavy (non-hydrogen) atoms. The quantitative estimate of drug-likeness (QED) is 0.279.